The van der Waals surface area contributed by atoms with Crippen molar-refractivity contribution in [3.8, 4) is 0 Å². The molecule has 1 unspecified atom stereocenters. The number of carboxylic acids is 1. The molecule has 1 atom stereocenters. The topological polar surface area (TPSA) is 92.7 Å². The third-order valence-corrected chi connectivity index (χ3v) is 2.62. The molecule has 0 aliphatic heterocycles. The number of furan rings is 2. The van der Waals surface area contributed by atoms with Gasteiger partial charge in [-0.2, -0.15) is 0 Å². The molecule has 6 heteroatoms. The quantitative estimate of drug-likeness (QED) is 0.860. The summed E-state index contributed by atoms with van der Waals surface area (Å²) in [6.07, 6.45) is 2.49. The molecule has 100 valence electrons. The van der Waals surface area contributed by atoms with E-state index in [2.05, 4.69) is 5.32 Å². The molecule has 2 N–H and O–H groups in total. The fourth-order valence-electron chi connectivity index (χ4n) is 1.70. The Morgan fingerprint density at radius 3 is 2.74 bits per heavy atom. The molecule has 2 rings (SSSR count). The second kappa shape index (κ2) is 5.43. The summed E-state index contributed by atoms with van der Waals surface area (Å²) in [7, 11) is 0. The smallest absolute Gasteiger partial charge is 0.311 e. The highest BCUT2D eigenvalue weighted by Crippen LogP contribution is 2.16. The first kappa shape index (κ1) is 12.9. The second-order valence-corrected chi connectivity index (χ2v) is 4.04. The van der Waals surface area contributed by atoms with Crippen LogP contribution in [0, 0.1) is 0 Å². The molecule has 0 aliphatic rings. The summed E-state index contributed by atoms with van der Waals surface area (Å²) in [6, 6.07) is 4.61. The Morgan fingerprint density at radius 2 is 2.11 bits per heavy atom. The van der Waals surface area contributed by atoms with Crippen molar-refractivity contribution >= 4 is 11.9 Å². The SMILES string of the molecule is CC(NC(=O)c1ccoc1CC(=O)O)c1ccco1. The number of aliphatic carboxylic acids is 1. The summed E-state index contributed by atoms with van der Waals surface area (Å²) in [6.45, 7) is 1.77. The van der Waals surface area contributed by atoms with Gasteiger partial charge in [-0.15, -0.1) is 0 Å². The van der Waals surface area contributed by atoms with E-state index in [9.17, 15) is 9.59 Å². The van der Waals surface area contributed by atoms with Crippen molar-refractivity contribution in [2.45, 2.75) is 19.4 Å². The molecule has 0 fully saturated rings. The predicted molar refractivity (Wildman–Crippen MR) is 64.6 cm³/mol. The van der Waals surface area contributed by atoms with Crippen LogP contribution in [-0.2, 0) is 11.2 Å². The number of hydrogen-bond donors (Lipinski definition) is 2. The molecule has 2 aromatic rings. The minimum absolute atomic E-state index is 0.136. The number of carbonyl (C=O) groups excluding carboxylic acids is 1. The Bertz CT molecular complexity index is 570. The lowest BCUT2D eigenvalue weighted by Gasteiger charge is -2.10. The van der Waals surface area contributed by atoms with Crippen molar-refractivity contribution < 1.29 is 23.5 Å². The maximum atomic E-state index is 12.0. The highest BCUT2D eigenvalue weighted by atomic mass is 16.4. The van der Waals surface area contributed by atoms with Crippen LogP contribution in [0.15, 0.2) is 39.6 Å². The van der Waals surface area contributed by atoms with Gasteiger partial charge in [0, 0.05) is 0 Å². The Hall–Kier alpha value is -2.50. The molecule has 19 heavy (non-hydrogen) atoms. The lowest BCUT2D eigenvalue weighted by molar-refractivity contribution is -0.136. The van der Waals surface area contributed by atoms with E-state index in [0.29, 0.717) is 5.76 Å². The average Bonchev–Trinajstić information content (AvgIpc) is 2.97. The fourth-order valence-corrected chi connectivity index (χ4v) is 1.70. The van der Waals surface area contributed by atoms with Crippen molar-refractivity contribution in [2.75, 3.05) is 0 Å². The molecule has 0 radical (unpaired) electrons. The number of carboxylic acid groups (broad SMARTS) is 1. The zero-order chi connectivity index (χ0) is 13.8. The summed E-state index contributed by atoms with van der Waals surface area (Å²) in [5.74, 6) is -0.690. The zero-order valence-electron chi connectivity index (χ0n) is 10.3. The van der Waals surface area contributed by atoms with Gasteiger partial charge in [0.25, 0.3) is 5.91 Å². The van der Waals surface area contributed by atoms with E-state index < -0.39 is 11.9 Å². The molecule has 6 nitrogen and oxygen atoms in total. The van der Waals surface area contributed by atoms with Gasteiger partial charge in [0.1, 0.15) is 17.9 Å². The summed E-state index contributed by atoms with van der Waals surface area (Å²) in [4.78, 5) is 22.7. The molecule has 2 heterocycles. The Balaban J connectivity index is 2.08. The minimum Gasteiger partial charge on any atom is -0.481 e. The maximum absolute atomic E-state index is 12.0. The largest absolute Gasteiger partial charge is 0.481 e. The highest BCUT2D eigenvalue weighted by Gasteiger charge is 2.19. The number of hydrogen-bond acceptors (Lipinski definition) is 4. The van der Waals surface area contributed by atoms with E-state index in [4.69, 9.17) is 13.9 Å². The first-order valence-electron chi connectivity index (χ1n) is 5.70. The van der Waals surface area contributed by atoms with Crippen molar-refractivity contribution in [3.05, 3.63) is 47.8 Å². The van der Waals surface area contributed by atoms with Crippen LogP contribution in [0.3, 0.4) is 0 Å². The van der Waals surface area contributed by atoms with Crippen molar-refractivity contribution in [1.29, 1.82) is 0 Å². The van der Waals surface area contributed by atoms with E-state index >= 15 is 0 Å². The lowest BCUT2D eigenvalue weighted by atomic mass is 10.1. The van der Waals surface area contributed by atoms with Crippen LogP contribution in [0.4, 0.5) is 0 Å². The average molecular weight is 263 g/mol. The summed E-state index contributed by atoms with van der Waals surface area (Å²) in [5.41, 5.74) is 0.223. The summed E-state index contributed by atoms with van der Waals surface area (Å²) in [5, 5.41) is 11.4. The molecule has 0 aromatic carbocycles. The van der Waals surface area contributed by atoms with Gasteiger partial charge in [-0.1, -0.05) is 0 Å². The van der Waals surface area contributed by atoms with Gasteiger partial charge in [-0.25, -0.2) is 0 Å². The number of rotatable bonds is 5. The standard InChI is InChI=1S/C13H13NO5/c1-8(10-3-2-5-18-10)14-13(17)9-4-6-19-11(9)7-12(15)16/h2-6,8H,7H2,1H3,(H,14,17)(H,15,16). The van der Waals surface area contributed by atoms with Crippen LogP contribution < -0.4 is 5.32 Å². The highest BCUT2D eigenvalue weighted by molar-refractivity contribution is 5.96. The first-order valence-corrected chi connectivity index (χ1v) is 5.70. The maximum Gasteiger partial charge on any atom is 0.311 e. The van der Waals surface area contributed by atoms with E-state index in [0.717, 1.165) is 0 Å². The van der Waals surface area contributed by atoms with Crippen LogP contribution in [-0.4, -0.2) is 17.0 Å². The third kappa shape index (κ3) is 3.04. The van der Waals surface area contributed by atoms with Gasteiger partial charge in [-0.3, -0.25) is 9.59 Å². The van der Waals surface area contributed by atoms with Crippen molar-refractivity contribution in [3.63, 3.8) is 0 Å². The molecule has 0 saturated heterocycles. The zero-order valence-corrected chi connectivity index (χ0v) is 10.3. The molecule has 0 bridgehead atoms. The third-order valence-electron chi connectivity index (χ3n) is 2.62. The van der Waals surface area contributed by atoms with Gasteiger partial charge in [0.15, 0.2) is 0 Å². The van der Waals surface area contributed by atoms with E-state index in [1.165, 1.54) is 18.6 Å². The van der Waals surface area contributed by atoms with Gasteiger partial charge in [-0.05, 0) is 25.1 Å². The normalized spacial score (nSPS) is 12.1. The Labute approximate surface area is 109 Å². The van der Waals surface area contributed by atoms with E-state index in [-0.39, 0.29) is 23.8 Å². The lowest BCUT2D eigenvalue weighted by Crippen LogP contribution is -2.27. The molecular formula is C13H13NO5. The molecule has 2 aromatic heterocycles. The summed E-state index contributed by atoms with van der Waals surface area (Å²) < 4.78 is 10.2. The molecule has 0 spiro atoms. The first-order chi connectivity index (χ1) is 9.08. The number of nitrogens with one attached hydrogen (secondary N) is 1. The van der Waals surface area contributed by atoms with Gasteiger partial charge in [0.2, 0.25) is 0 Å². The monoisotopic (exact) mass is 263 g/mol. The second-order valence-electron chi connectivity index (χ2n) is 4.04. The van der Waals surface area contributed by atoms with E-state index in [1.54, 1.807) is 19.1 Å². The van der Waals surface area contributed by atoms with E-state index in [1.807, 2.05) is 0 Å². The number of amides is 1. The van der Waals surface area contributed by atoms with Crippen LogP contribution in [0.25, 0.3) is 0 Å². The van der Waals surface area contributed by atoms with Crippen LogP contribution in [0.1, 0.15) is 34.8 Å². The minimum atomic E-state index is -1.05. The Morgan fingerprint density at radius 1 is 1.32 bits per heavy atom. The molecule has 0 saturated carbocycles. The van der Waals surface area contributed by atoms with Crippen molar-refractivity contribution in [1.82, 2.24) is 5.32 Å². The molecule has 1 amide bonds. The van der Waals surface area contributed by atoms with Gasteiger partial charge < -0.3 is 19.3 Å². The van der Waals surface area contributed by atoms with Crippen LogP contribution in [0.5, 0.6) is 0 Å². The van der Waals surface area contributed by atoms with Gasteiger partial charge >= 0.3 is 5.97 Å². The molecular weight excluding hydrogens is 250 g/mol. The van der Waals surface area contributed by atoms with Gasteiger partial charge in [0.05, 0.1) is 24.1 Å². The fraction of sp³-hybridized carbons (Fsp3) is 0.231. The molecule has 0 aliphatic carbocycles. The van der Waals surface area contributed by atoms with Crippen LogP contribution >= 0.6 is 0 Å². The predicted octanol–water partition coefficient (Wildman–Crippen LogP) is 1.99. The van der Waals surface area contributed by atoms with Crippen molar-refractivity contribution in [2.24, 2.45) is 0 Å². The number of carbonyl (C=O) groups is 2. The summed E-state index contributed by atoms with van der Waals surface area (Å²) >= 11 is 0. The van der Waals surface area contributed by atoms with Crippen LogP contribution in [0.2, 0.25) is 0 Å². The Kier molecular flexibility index (Phi) is 3.70.